The number of aromatic hydroxyl groups is 1. The largest absolute Gasteiger partial charge is 0.507 e. The lowest BCUT2D eigenvalue weighted by Crippen LogP contribution is -1.83. The van der Waals surface area contributed by atoms with E-state index >= 15 is 0 Å². The topological polar surface area (TPSA) is 20.2 Å². The molecular weight excluding hydrogens is 376 g/mol. The molecule has 6 rings (SSSR count). The molecule has 0 unspecified atom stereocenters. The fourth-order valence-corrected chi connectivity index (χ4v) is 4.37. The van der Waals surface area contributed by atoms with Crippen LogP contribution in [0.1, 0.15) is 12.5 Å². The summed E-state index contributed by atoms with van der Waals surface area (Å²) in [6, 6.07) is 37.6. The van der Waals surface area contributed by atoms with E-state index in [0.717, 1.165) is 17.2 Å². The Hall–Kier alpha value is -3.84. The van der Waals surface area contributed by atoms with Crippen LogP contribution in [-0.2, 0) is 6.42 Å². The first-order chi connectivity index (χ1) is 15.3. The van der Waals surface area contributed by atoms with Crippen molar-refractivity contribution in [3.05, 3.63) is 115 Å². The predicted octanol–water partition coefficient (Wildman–Crippen LogP) is 8.25. The zero-order chi connectivity index (χ0) is 21.2. The van der Waals surface area contributed by atoms with Crippen molar-refractivity contribution in [1.29, 1.82) is 0 Å². The number of phenolic OH excluding ortho intramolecular Hbond substituents is 1. The van der Waals surface area contributed by atoms with Gasteiger partial charge in [0, 0.05) is 5.39 Å². The molecule has 6 aromatic rings. The monoisotopic (exact) mass is 400 g/mol. The van der Waals surface area contributed by atoms with Crippen molar-refractivity contribution in [3.8, 4) is 5.75 Å². The summed E-state index contributed by atoms with van der Waals surface area (Å²) in [6.45, 7) is 2.16. The fraction of sp³-hybridized carbons (Fsp3) is 0.0667. The molecule has 0 bridgehead atoms. The lowest BCUT2D eigenvalue weighted by atomic mass is 9.94. The van der Waals surface area contributed by atoms with Crippen LogP contribution >= 0.6 is 0 Å². The summed E-state index contributed by atoms with van der Waals surface area (Å²) in [5.74, 6) is 0.336. The van der Waals surface area contributed by atoms with Gasteiger partial charge in [0.05, 0.1) is 0 Å². The molecule has 0 atom stereocenters. The second-order valence-electron chi connectivity index (χ2n) is 7.82. The zero-order valence-corrected chi connectivity index (χ0v) is 17.5. The Labute approximate surface area is 182 Å². The van der Waals surface area contributed by atoms with E-state index in [1.54, 1.807) is 6.07 Å². The van der Waals surface area contributed by atoms with Gasteiger partial charge in [0.1, 0.15) is 5.75 Å². The molecule has 6 aromatic carbocycles. The van der Waals surface area contributed by atoms with Gasteiger partial charge in [-0.15, -0.1) is 0 Å². The van der Waals surface area contributed by atoms with Gasteiger partial charge in [-0.2, -0.15) is 0 Å². The van der Waals surface area contributed by atoms with E-state index < -0.39 is 0 Å². The highest BCUT2D eigenvalue weighted by Crippen LogP contribution is 2.36. The first kappa shape index (κ1) is 19.1. The van der Waals surface area contributed by atoms with E-state index in [9.17, 15) is 5.11 Å². The van der Waals surface area contributed by atoms with Gasteiger partial charge in [0.25, 0.3) is 0 Å². The van der Waals surface area contributed by atoms with E-state index in [-0.39, 0.29) is 0 Å². The number of aryl methyl sites for hydroxylation is 1. The van der Waals surface area contributed by atoms with E-state index in [2.05, 4.69) is 91.9 Å². The Kier molecular flexibility index (Phi) is 5.01. The van der Waals surface area contributed by atoms with E-state index in [4.69, 9.17) is 0 Å². The minimum atomic E-state index is 0.336. The number of hydrogen-bond acceptors (Lipinski definition) is 1. The molecule has 0 saturated carbocycles. The summed E-state index contributed by atoms with van der Waals surface area (Å²) in [4.78, 5) is 0. The van der Waals surface area contributed by atoms with Crippen LogP contribution in [0.15, 0.2) is 109 Å². The molecule has 150 valence electrons. The SMILES string of the molecule is CCc1ccccc1.Oc1cccc2c1ccc1c2ccc2c3ccccc3ccc21. The number of hydrogen-bond donors (Lipinski definition) is 1. The van der Waals surface area contributed by atoms with Crippen molar-refractivity contribution in [3.63, 3.8) is 0 Å². The molecule has 0 saturated heterocycles. The Morgan fingerprint density at radius 2 is 0.968 bits per heavy atom. The lowest BCUT2D eigenvalue weighted by molar-refractivity contribution is 0.481. The van der Waals surface area contributed by atoms with Crippen molar-refractivity contribution < 1.29 is 5.11 Å². The number of benzene rings is 6. The normalized spacial score (nSPS) is 11.0. The molecule has 0 radical (unpaired) electrons. The van der Waals surface area contributed by atoms with Crippen LogP contribution in [0.3, 0.4) is 0 Å². The van der Waals surface area contributed by atoms with Crippen LogP contribution in [0.2, 0.25) is 0 Å². The molecule has 0 heterocycles. The van der Waals surface area contributed by atoms with E-state index in [1.165, 1.54) is 37.9 Å². The van der Waals surface area contributed by atoms with Crippen LogP contribution in [0.5, 0.6) is 5.75 Å². The standard InChI is InChI=1S/C22H14O.C8H10/c23-22-7-3-6-16-19-11-10-17-15-5-2-1-4-14(15)8-9-18(17)20(19)12-13-21(16)22;1-2-8-6-4-3-5-7-8/h1-13,23H;3-7H,2H2,1H3. The molecule has 1 heteroatoms. The van der Waals surface area contributed by atoms with Crippen molar-refractivity contribution in [2.24, 2.45) is 0 Å². The molecule has 0 spiro atoms. The second kappa shape index (κ2) is 8.12. The van der Waals surface area contributed by atoms with Crippen LogP contribution in [-0.4, -0.2) is 5.11 Å². The van der Waals surface area contributed by atoms with Gasteiger partial charge in [0.2, 0.25) is 0 Å². The molecular formula is C30H24O. The maximum absolute atomic E-state index is 10.1. The summed E-state index contributed by atoms with van der Waals surface area (Å²) in [5.41, 5.74) is 1.41. The minimum absolute atomic E-state index is 0.336. The molecule has 0 aliphatic carbocycles. The predicted molar refractivity (Wildman–Crippen MR) is 134 cm³/mol. The summed E-state index contributed by atoms with van der Waals surface area (Å²) < 4.78 is 0. The Bertz CT molecular complexity index is 1510. The first-order valence-corrected chi connectivity index (χ1v) is 10.7. The summed E-state index contributed by atoms with van der Waals surface area (Å²) >= 11 is 0. The molecule has 0 amide bonds. The average molecular weight is 401 g/mol. The fourth-order valence-electron chi connectivity index (χ4n) is 4.37. The van der Waals surface area contributed by atoms with Crippen LogP contribution < -0.4 is 0 Å². The third-order valence-corrected chi connectivity index (χ3v) is 6.01. The highest BCUT2D eigenvalue weighted by molar-refractivity contribution is 6.22. The van der Waals surface area contributed by atoms with Gasteiger partial charge in [-0.25, -0.2) is 0 Å². The van der Waals surface area contributed by atoms with Gasteiger partial charge in [-0.05, 0) is 55.8 Å². The lowest BCUT2D eigenvalue weighted by Gasteiger charge is -2.10. The Balaban J connectivity index is 0.000000217. The summed E-state index contributed by atoms with van der Waals surface area (Å²) in [5, 5.41) is 19.6. The molecule has 0 fully saturated rings. The molecule has 1 nitrogen and oxygen atoms in total. The van der Waals surface area contributed by atoms with Gasteiger partial charge in [-0.1, -0.05) is 110 Å². The summed E-state index contributed by atoms with van der Waals surface area (Å²) in [7, 11) is 0. The van der Waals surface area contributed by atoms with E-state index in [1.807, 2.05) is 18.2 Å². The third kappa shape index (κ3) is 3.49. The van der Waals surface area contributed by atoms with Crippen LogP contribution in [0.4, 0.5) is 0 Å². The average Bonchev–Trinajstić information content (AvgIpc) is 2.84. The molecule has 0 aliphatic heterocycles. The highest BCUT2D eigenvalue weighted by Gasteiger charge is 2.08. The third-order valence-electron chi connectivity index (χ3n) is 6.01. The zero-order valence-electron chi connectivity index (χ0n) is 17.5. The van der Waals surface area contributed by atoms with Crippen molar-refractivity contribution >= 4 is 43.1 Å². The maximum atomic E-state index is 10.1. The second-order valence-corrected chi connectivity index (χ2v) is 7.82. The van der Waals surface area contributed by atoms with Gasteiger partial charge in [0.15, 0.2) is 0 Å². The van der Waals surface area contributed by atoms with Crippen LogP contribution in [0.25, 0.3) is 43.1 Å². The Morgan fingerprint density at radius 1 is 0.452 bits per heavy atom. The first-order valence-electron chi connectivity index (χ1n) is 10.7. The van der Waals surface area contributed by atoms with E-state index in [0.29, 0.717) is 5.75 Å². The molecule has 0 aromatic heterocycles. The van der Waals surface area contributed by atoms with Crippen molar-refractivity contribution in [1.82, 2.24) is 0 Å². The smallest absolute Gasteiger partial charge is 0.123 e. The number of rotatable bonds is 1. The van der Waals surface area contributed by atoms with Crippen molar-refractivity contribution in [2.45, 2.75) is 13.3 Å². The van der Waals surface area contributed by atoms with Gasteiger partial charge < -0.3 is 5.11 Å². The van der Waals surface area contributed by atoms with Crippen molar-refractivity contribution in [2.75, 3.05) is 0 Å². The van der Waals surface area contributed by atoms with Gasteiger partial charge in [-0.3, -0.25) is 0 Å². The quantitative estimate of drug-likeness (QED) is 0.275. The van der Waals surface area contributed by atoms with Crippen LogP contribution in [0, 0.1) is 0 Å². The maximum Gasteiger partial charge on any atom is 0.123 e. The minimum Gasteiger partial charge on any atom is -0.507 e. The summed E-state index contributed by atoms with van der Waals surface area (Å²) in [6.07, 6.45) is 1.14. The molecule has 0 aliphatic rings. The van der Waals surface area contributed by atoms with Gasteiger partial charge >= 0.3 is 0 Å². The number of phenols is 1. The number of fused-ring (bicyclic) bond motifs is 7. The Morgan fingerprint density at radius 3 is 1.65 bits per heavy atom. The molecule has 31 heavy (non-hydrogen) atoms. The molecule has 1 N–H and O–H groups in total. The highest BCUT2D eigenvalue weighted by atomic mass is 16.3.